The number of aldehydes is 1. The molecule has 2 aromatic carbocycles. The number of aryl methyl sites for hydroxylation is 1. The van der Waals surface area contributed by atoms with E-state index in [9.17, 15) is 4.79 Å². The van der Waals surface area contributed by atoms with Crippen molar-refractivity contribution in [2.75, 3.05) is 6.79 Å². The van der Waals surface area contributed by atoms with E-state index in [4.69, 9.17) is 9.47 Å². The minimum Gasteiger partial charge on any atom is -0.454 e. The van der Waals surface area contributed by atoms with Gasteiger partial charge < -0.3 is 9.47 Å². The lowest BCUT2D eigenvalue weighted by Gasteiger charge is -2.07. The fraction of sp³-hybridized carbons (Fsp3) is 0.133. The first-order chi connectivity index (χ1) is 8.78. The van der Waals surface area contributed by atoms with Gasteiger partial charge in [0.2, 0.25) is 6.79 Å². The zero-order chi connectivity index (χ0) is 12.5. The van der Waals surface area contributed by atoms with Crippen molar-refractivity contribution in [1.82, 2.24) is 0 Å². The van der Waals surface area contributed by atoms with Crippen LogP contribution in [0.25, 0.3) is 11.1 Å². The highest BCUT2D eigenvalue weighted by Crippen LogP contribution is 2.36. The van der Waals surface area contributed by atoms with Gasteiger partial charge in [0.25, 0.3) is 0 Å². The molecule has 0 spiro atoms. The number of fused-ring (bicyclic) bond motifs is 1. The summed E-state index contributed by atoms with van der Waals surface area (Å²) in [5, 5.41) is 0. The molecule has 0 fully saturated rings. The monoisotopic (exact) mass is 240 g/mol. The first-order valence-electron chi connectivity index (χ1n) is 5.74. The lowest BCUT2D eigenvalue weighted by Crippen LogP contribution is -1.92. The molecule has 0 radical (unpaired) electrons. The van der Waals surface area contributed by atoms with Gasteiger partial charge in [0.15, 0.2) is 11.5 Å². The van der Waals surface area contributed by atoms with E-state index in [1.165, 1.54) is 0 Å². The van der Waals surface area contributed by atoms with Gasteiger partial charge in [-0.15, -0.1) is 0 Å². The molecule has 0 aliphatic carbocycles. The van der Waals surface area contributed by atoms with Crippen LogP contribution in [-0.2, 0) is 0 Å². The summed E-state index contributed by atoms with van der Waals surface area (Å²) in [6.07, 6.45) is 0.858. The lowest BCUT2D eigenvalue weighted by atomic mass is 9.98. The van der Waals surface area contributed by atoms with Gasteiger partial charge in [-0.05, 0) is 41.8 Å². The number of hydrogen-bond donors (Lipinski definition) is 0. The Hall–Kier alpha value is -2.29. The highest BCUT2D eigenvalue weighted by atomic mass is 16.7. The first-order valence-corrected chi connectivity index (χ1v) is 5.74. The van der Waals surface area contributed by atoms with Crippen LogP contribution >= 0.6 is 0 Å². The van der Waals surface area contributed by atoms with E-state index in [0.29, 0.717) is 5.56 Å². The SMILES string of the molecule is Cc1cc(C=O)ccc1-c1ccc2c(c1)OCO2. The molecule has 90 valence electrons. The molecule has 0 bridgehead atoms. The number of carbonyl (C=O) groups excluding carboxylic acids is 1. The smallest absolute Gasteiger partial charge is 0.231 e. The van der Waals surface area contributed by atoms with E-state index in [0.717, 1.165) is 34.5 Å². The van der Waals surface area contributed by atoms with Crippen molar-refractivity contribution < 1.29 is 14.3 Å². The van der Waals surface area contributed by atoms with Gasteiger partial charge in [-0.1, -0.05) is 18.2 Å². The predicted molar refractivity (Wildman–Crippen MR) is 68.1 cm³/mol. The van der Waals surface area contributed by atoms with Crippen LogP contribution in [0, 0.1) is 6.92 Å². The lowest BCUT2D eigenvalue weighted by molar-refractivity contribution is 0.112. The molecule has 0 aromatic heterocycles. The Labute approximate surface area is 105 Å². The minimum atomic E-state index is 0.280. The summed E-state index contributed by atoms with van der Waals surface area (Å²) in [5.41, 5.74) is 3.92. The molecule has 1 aliphatic heterocycles. The Morgan fingerprint density at radius 1 is 1.06 bits per heavy atom. The second-order valence-corrected chi connectivity index (χ2v) is 4.26. The Bertz CT molecular complexity index is 617. The Morgan fingerprint density at radius 3 is 2.67 bits per heavy atom. The molecule has 0 N–H and O–H groups in total. The zero-order valence-electron chi connectivity index (χ0n) is 9.97. The first kappa shape index (κ1) is 10.8. The van der Waals surface area contributed by atoms with Gasteiger partial charge in [-0.3, -0.25) is 4.79 Å². The van der Waals surface area contributed by atoms with Crippen molar-refractivity contribution in [3.05, 3.63) is 47.5 Å². The standard InChI is InChI=1S/C15H12O3/c1-10-6-11(8-16)2-4-13(10)12-3-5-14-15(7-12)18-9-17-14/h2-8H,9H2,1H3. The molecule has 3 rings (SSSR count). The summed E-state index contributed by atoms with van der Waals surface area (Å²) in [5.74, 6) is 1.55. The maximum absolute atomic E-state index is 10.7. The number of ether oxygens (including phenoxy) is 2. The molecular weight excluding hydrogens is 228 g/mol. The van der Waals surface area contributed by atoms with Crippen LogP contribution in [0.1, 0.15) is 15.9 Å². The van der Waals surface area contributed by atoms with Gasteiger partial charge in [0, 0.05) is 5.56 Å². The molecule has 0 saturated heterocycles. The Balaban J connectivity index is 2.07. The summed E-state index contributed by atoms with van der Waals surface area (Å²) in [4.78, 5) is 10.7. The van der Waals surface area contributed by atoms with E-state index in [-0.39, 0.29) is 6.79 Å². The number of benzene rings is 2. The van der Waals surface area contributed by atoms with Crippen LogP contribution in [0.15, 0.2) is 36.4 Å². The number of rotatable bonds is 2. The van der Waals surface area contributed by atoms with Crippen molar-refractivity contribution in [2.24, 2.45) is 0 Å². The van der Waals surface area contributed by atoms with Crippen LogP contribution in [0.3, 0.4) is 0 Å². The molecule has 3 heteroatoms. The molecule has 0 unspecified atom stereocenters. The van der Waals surface area contributed by atoms with Crippen molar-refractivity contribution in [3.63, 3.8) is 0 Å². The van der Waals surface area contributed by atoms with Gasteiger partial charge >= 0.3 is 0 Å². The van der Waals surface area contributed by atoms with E-state index >= 15 is 0 Å². The maximum atomic E-state index is 10.7. The largest absolute Gasteiger partial charge is 0.454 e. The third-order valence-corrected chi connectivity index (χ3v) is 3.07. The Morgan fingerprint density at radius 2 is 1.89 bits per heavy atom. The summed E-state index contributed by atoms with van der Waals surface area (Å²) < 4.78 is 10.7. The van der Waals surface area contributed by atoms with Crippen molar-refractivity contribution in [1.29, 1.82) is 0 Å². The van der Waals surface area contributed by atoms with Gasteiger partial charge in [-0.2, -0.15) is 0 Å². The summed E-state index contributed by atoms with van der Waals surface area (Å²) in [6, 6.07) is 11.5. The second-order valence-electron chi connectivity index (χ2n) is 4.26. The summed E-state index contributed by atoms with van der Waals surface area (Å²) in [7, 11) is 0. The zero-order valence-corrected chi connectivity index (χ0v) is 9.97. The highest BCUT2D eigenvalue weighted by molar-refractivity contribution is 5.79. The summed E-state index contributed by atoms with van der Waals surface area (Å²) in [6.45, 7) is 2.27. The van der Waals surface area contributed by atoms with Crippen LogP contribution in [0.4, 0.5) is 0 Å². The van der Waals surface area contributed by atoms with Gasteiger partial charge in [0.1, 0.15) is 6.29 Å². The van der Waals surface area contributed by atoms with Crippen molar-refractivity contribution >= 4 is 6.29 Å². The molecular formula is C15H12O3. The van der Waals surface area contributed by atoms with Crippen LogP contribution in [0.5, 0.6) is 11.5 Å². The van der Waals surface area contributed by atoms with E-state index in [1.54, 1.807) is 0 Å². The van der Waals surface area contributed by atoms with Crippen LogP contribution in [0.2, 0.25) is 0 Å². The predicted octanol–water partition coefficient (Wildman–Crippen LogP) is 3.20. The van der Waals surface area contributed by atoms with E-state index < -0.39 is 0 Å². The maximum Gasteiger partial charge on any atom is 0.231 e. The van der Waals surface area contributed by atoms with E-state index in [2.05, 4.69) is 0 Å². The molecule has 2 aromatic rings. The number of carbonyl (C=O) groups is 1. The van der Waals surface area contributed by atoms with Crippen LogP contribution in [-0.4, -0.2) is 13.1 Å². The third-order valence-electron chi connectivity index (χ3n) is 3.07. The molecule has 0 saturated carbocycles. The quantitative estimate of drug-likeness (QED) is 0.756. The van der Waals surface area contributed by atoms with Gasteiger partial charge in [-0.25, -0.2) is 0 Å². The molecule has 3 nitrogen and oxygen atoms in total. The molecule has 0 amide bonds. The van der Waals surface area contributed by atoms with Gasteiger partial charge in [0.05, 0.1) is 0 Å². The average molecular weight is 240 g/mol. The molecule has 1 aliphatic rings. The topological polar surface area (TPSA) is 35.5 Å². The number of hydrogen-bond acceptors (Lipinski definition) is 3. The minimum absolute atomic E-state index is 0.280. The van der Waals surface area contributed by atoms with Crippen molar-refractivity contribution in [3.8, 4) is 22.6 Å². The highest BCUT2D eigenvalue weighted by Gasteiger charge is 2.14. The van der Waals surface area contributed by atoms with Crippen molar-refractivity contribution in [2.45, 2.75) is 6.92 Å². The second kappa shape index (κ2) is 4.18. The average Bonchev–Trinajstić information content (AvgIpc) is 2.85. The molecule has 18 heavy (non-hydrogen) atoms. The molecule has 0 atom stereocenters. The van der Waals surface area contributed by atoms with Crippen LogP contribution < -0.4 is 9.47 Å². The third kappa shape index (κ3) is 1.74. The normalized spacial score (nSPS) is 12.5. The summed E-state index contributed by atoms with van der Waals surface area (Å²) >= 11 is 0. The van der Waals surface area contributed by atoms with E-state index in [1.807, 2.05) is 43.3 Å². The fourth-order valence-electron chi connectivity index (χ4n) is 2.15. The Kier molecular flexibility index (Phi) is 2.52. The molecule has 1 heterocycles. The fourth-order valence-corrected chi connectivity index (χ4v) is 2.15.